The number of hydrogen-bond acceptors (Lipinski definition) is 4. The maximum absolute atomic E-state index is 12.7. The first kappa shape index (κ1) is 18.1. The van der Waals surface area contributed by atoms with Gasteiger partial charge in [-0.1, -0.05) is 24.3 Å². The molecule has 0 aliphatic carbocycles. The molecule has 0 spiro atoms. The first-order valence-corrected chi connectivity index (χ1v) is 10.1. The predicted molar refractivity (Wildman–Crippen MR) is 100.0 cm³/mol. The highest BCUT2D eigenvalue weighted by Crippen LogP contribution is 2.19. The van der Waals surface area contributed by atoms with E-state index in [4.69, 9.17) is 0 Å². The lowest BCUT2D eigenvalue weighted by Crippen LogP contribution is -2.37. The van der Waals surface area contributed by atoms with Gasteiger partial charge < -0.3 is 10.2 Å². The molecular weight excluding hydrogens is 352 g/mol. The minimum Gasteiger partial charge on any atom is -0.338 e. The van der Waals surface area contributed by atoms with E-state index in [1.165, 1.54) is 11.0 Å². The van der Waals surface area contributed by atoms with Crippen LogP contribution in [0, 0.1) is 0 Å². The molecule has 2 aromatic carbocycles. The van der Waals surface area contributed by atoms with Gasteiger partial charge in [-0.05, 0) is 36.8 Å². The van der Waals surface area contributed by atoms with Gasteiger partial charge in [0.1, 0.15) is 0 Å². The van der Waals surface area contributed by atoms with Gasteiger partial charge in [0.05, 0.1) is 11.5 Å². The number of para-hydroxylation sites is 1. The zero-order chi connectivity index (χ0) is 18.7. The fourth-order valence-electron chi connectivity index (χ4n) is 2.97. The Morgan fingerprint density at radius 3 is 2.38 bits per heavy atom. The third-order valence-corrected chi connectivity index (χ3v) is 6.23. The molecule has 6 nitrogen and oxygen atoms in total. The number of rotatable bonds is 4. The summed E-state index contributed by atoms with van der Waals surface area (Å²) in [5, 5.41) is 2.78. The van der Waals surface area contributed by atoms with Gasteiger partial charge in [0.2, 0.25) is 0 Å². The lowest BCUT2D eigenvalue weighted by Gasteiger charge is -2.23. The van der Waals surface area contributed by atoms with Crippen molar-refractivity contribution in [3.8, 4) is 0 Å². The lowest BCUT2D eigenvalue weighted by molar-refractivity contribution is 0.0747. The Bertz CT molecular complexity index is 926. The fraction of sp³-hybridized carbons (Fsp3) is 0.263. The first-order chi connectivity index (χ1) is 12.4. The molecule has 1 aliphatic heterocycles. The third-order valence-electron chi connectivity index (χ3n) is 4.48. The van der Waals surface area contributed by atoms with Crippen LogP contribution in [0.2, 0.25) is 0 Å². The average Bonchev–Trinajstić information content (AvgIpc) is 3.01. The highest BCUT2D eigenvalue weighted by molar-refractivity contribution is 7.91. The van der Waals surface area contributed by atoms with Gasteiger partial charge in [0.15, 0.2) is 9.84 Å². The van der Waals surface area contributed by atoms with Crippen LogP contribution in [-0.2, 0) is 9.84 Å². The summed E-state index contributed by atoms with van der Waals surface area (Å²) in [5.74, 6) is -0.503. The molecule has 136 valence electrons. The highest BCUT2D eigenvalue weighted by Gasteiger charge is 2.33. The minimum atomic E-state index is -3.07. The maximum Gasteiger partial charge on any atom is 0.255 e. The van der Waals surface area contributed by atoms with E-state index in [2.05, 4.69) is 5.32 Å². The summed E-state index contributed by atoms with van der Waals surface area (Å²) in [6, 6.07) is 15.2. The fourth-order valence-corrected chi connectivity index (χ4v) is 4.74. The van der Waals surface area contributed by atoms with Gasteiger partial charge in [-0.25, -0.2) is 8.42 Å². The number of amides is 2. The Labute approximate surface area is 152 Å². The Hall–Kier alpha value is -2.67. The molecule has 0 bridgehead atoms. The normalized spacial score (nSPS) is 18.3. The van der Waals surface area contributed by atoms with Crippen molar-refractivity contribution in [2.75, 3.05) is 23.9 Å². The van der Waals surface area contributed by atoms with Crippen molar-refractivity contribution in [3.05, 3.63) is 65.7 Å². The van der Waals surface area contributed by atoms with Crippen LogP contribution in [0.5, 0.6) is 0 Å². The molecule has 1 aliphatic rings. The number of nitrogens with one attached hydrogen (secondary N) is 1. The maximum atomic E-state index is 12.7. The Balaban J connectivity index is 1.74. The van der Waals surface area contributed by atoms with E-state index in [1.807, 2.05) is 18.2 Å². The first-order valence-electron chi connectivity index (χ1n) is 8.30. The van der Waals surface area contributed by atoms with Gasteiger partial charge in [-0.3, -0.25) is 9.59 Å². The summed E-state index contributed by atoms with van der Waals surface area (Å²) >= 11 is 0. The molecule has 26 heavy (non-hydrogen) atoms. The van der Waals surface area contributed by atoms with Crippen molar-refractivity contribution >= 4 is 27.3 Å². The van der Waals surface area contributed by atoms with Crippen molar-refractivity contribution < 1.29 is 18.0 Å². The molecule has 1 saturated heterocycles. The number of anilines is 1. The van der Waals surface area contributed by atoms with Gasteiger partial charge >= 0.3 is 0 Å². The summed E-state index contributed by atoms with van der Waals surface area (Å²) < 4.78 is 23.3. The minimum absolute atomic E-state index is 0.0105. The van der Waals surface area contributed by atoms with Crippen LogP contribution < -0.4 is 5.32 Å². The molecule has 1 atom stereocenters. The molecular formula is C19H20N2O4S. The molecule has 1 heterocycles. The van der Waals surface area contributed by atoms with Crippen LogP contribution in [-0.4, -0.2) is 49.7 Å². The monoisotopic (exact) mass is 372 g/mol. The number of carbonyl (C=O) groups is 2. The number of hydrogen-bond donors (Lipinski definition) is 1. The van der Waals surface area contributed by atoms with Crippen LogP contribution in [0.15, 0.2) is 54.6 Å². The molecule has 0 radical (unpaired) electrons. The number of carbonyl (C=O) groups excluding carboxylic acids is 2. The standard InChI is InChI=1S/C19H20N2O4S/c1-21(17-10-11-26(24,25)13-17)19(23)15-7-5-6-14(12-15)18(22)20-16-8-3-2-4-9-16/h2-9,12,17H,10-11,13H2,1H3,(H,20,22). The number of benzene rings is 2. The molecule has 1 fully saturated rings. The Kier molecular flexibility index (Phi) is 5.08. The van der Waals surface area contributed by atoms with Crippen LogP contribution in [0.4, 0.5) is 5.69 Å². The summed E-state index contributed by atoms with van der Waals surface area (Å²) in [5.41, 5.74) is 1.40. The summed E-state index contributed by atoms with van der Waals surface area (Å²) in [4.78, 5) is 26.5. The lowest BCUT2D eigenvalue weighted by atomic mass is 10.1. The zero-order valence-electron chi connectivity index (χ0n) is 14.4. The summed E-state index contributed by atoms with van der Waals surface area (Å²) in [7, 11) is -1.47. The largest absolute Gasteiger partial charge is 0.338 e. The third kappa shape index (κ3) is 4.11. The van der Waals surface area contributed by atoms with Crippen molar-refractivity contribution in [2.45, 2.75) is 12.5 Å². The van der Waals surface area contributed by atoms with Crippen LogP contribution in [0.25, 0.3) is 0 Å². The summed E-state index contributed by atoms with van der Waals surface area (Å²) in [6.45, 7) is 0. The Morgan fingerprint density at radius 1 is 1.04 bits per heavy atom. The molecule has 1 N–H and O–H groups in total. The average molecular weight is 372 g/mol. The SMILES string of the molecule is CN(C(=O)c1cccc(C(=O)Nc2ccccc2)c1)C1CCS(=O)(=O)C1. The second-order valence-electron chi connectivity index (χ2n) is 6.37. The topological polar surface area (TPSA) is 83.6 Å². The second-order valence-corrected chi connectivity index (χ2v) is 8.60. The smallest absolute Gasteiger partial charge is 0.255 e. The molecule has 0 aromatic heterocycles. The van der Waals surface area contributed by atoms with Gasteiger partial charge in [0, 0.05) is 29.9 Å². The molecule has 3 rings (SSSR count). The second kappa shape index (κ2) is 7.29. The predicted octanol–water partition coefficient (Wildman–Crippen LogP) is 2.20. The van der Waals surface area contributed by atoms with Crippen molar-refractivity contribution in [3.63, 3.8) is 0 Å². The molecule has 2 aromatic rings. The van der Waals surface area contributed by atoms with E-state index in [0.29, 0.717) is 23.2 Å². The van der Waals surface area contributed by atoms with Crippen molar-refractivity contribution in [2.24, 2.45) is 0 Å². The van der Waals surface area contributed by atoms with E-state index in [9.17, 15) is 18.0 Å². The molecule has 1 unspecified atom stereocenters. The zero-order valence-corrected chi connectivity index (χ0v) is 15.2. The molecule has 0 saturated carbocycles. The number of nitrogens with zero attached hydrogens (tertiary/aromatic N) is 1. The Morgan fingerprint density at radius 2 is 1.73 bits per heavy atom. The molecule has 2 amide bonds. The van der Waals surface area contributed by atoms with Crippen molar-refractivity contribution in [1.29, 1.82) is 0 Å². The summed E-state index contributed by atoms with van der Waals surface area (Å²) in [6.07, 6.45) is 0.443. The van der Waals surface area contributed by atoms with E-state index < -0.39 is 9.84 Å². The highest BCUT2D eigenvalue weighted by atomic mass is 32.2. The van der Waals surface area contributed by atoms with Gasteiger partial charge in [0.25, 0.3) is 11.8 Å². The van der Waals surface area contributed by atoms with E-state index in [0.717, 1.165) is 0 Å². The van der Waals surface area contributed by atoms with Gasteiger partial charge in [-0.15, -0.1) is 0 Å². The number of sulfone groups is 1. The van der Waals surface area contributed by atoms with Crippen LogP contribution >= 0.6 is 0 Å². The van der Waals surface area contributed by atoms with Crippen LogP contribution in [0.1, 0.15) is 27.1 Å². The van der Waals surface area contributed by atoms with Gasteiger partial charge in [-0.2, -0.15) is 0 Å². The van der Waals surface area contributed by atoms with Crippen molar-refractivity contribution in [1.82, 2.24) is 4.90 Å². The van der Waals surface area contributed by atoms with E-state index in [1.54, 1.807) is 37.4 Å². The molecule has 7 heteroatoms. The van der Waals surface area contributed by atoms with Crippen LogP contribution in [0.3, 0.4) is 0 Å². The van der Waals surface area contributed by atoms with E-state index in [-0.39, 0.29) is 29.4 Å². The van der Waals surface area contributed by atoms with E-state index >= 15 is 0 Å². The quantitative estimate of drug-likeness (QED) is 0.892.